The first kappa shape index (κ1) is 15.4. The first-order valence-electron chi connectivity index (χ1n) is 6.60. The van der Waals surface area contributed by atoms with E-state index in [1.165, 1.54) is 18.2 Å². The average molecular weight is 297 g/mol. The molecule has 5 nitrogen and oxygen atoms in total. The van der Waals surface area contributed by atoms with Gasteiger partial charge >= 0.3 is 5.97 Å². The molecule has 0 atom stereocenters. The minimum Gasteiger partial charge on any atom is -0.550 e. The third-order valence-corrected chi connectivity index (χ3v) is 3.05. The number of ketones is 1. The van der Waals surface area contributed by atoms with Crippen molar-refractivity contribution in [3.05, 3.63) is 70.8 Å². The Hall–Kier alpha value is -2.95. The predicted octanol–water partition coefficient (Wildman–Crippen LogP) is 0.837. The lowest BCUT2D eigenvalue weighted by molar-refractivity contribution is -0.304. The monoisotopic (exact) mass is 297 g/mol. The van der Waals surface area contributed by atoms with Gasteiger partial charge in [-0.15, -0.1) is 0 Å². The van der Waals surface area contributed by atoms with E-state index in [0.717, 1.165) is 0 Å². The lowest BCUT2D eigenvalue weighted by Crippen LogP contribution is -2.24. The fourth-order valence-corrected chi connectivity index (χ4v) is 2.20. The molecular formula is C17H13O5-. The molecule has 1 N–H and O–H groups in total. The summed E-state index contributed by atoms with van der Waals surface area (Å²) in [7, 11) is 0. The molecule has 0 saturated carbocycles. The standard InChI is InChI=1S/C17H14O5/c18-15(19)9-11-6-12(10-16(20)21)8-14(7-11)17(22)13-4-2-1-3-5-13/h1-8H,9-10H2,(H,18,19)(H,20,21)/p-1. The molecule has 0 aromatic heterocycles. The maximum atomic E-state index is 12.4. The van der Waals surface area contributed by atoms with Crippen LogP contribution >= 0.6 is 0 Å². The fraction of sp³-hybridized carbons (Fsp3) is 0.118. The summed E-state index contributed by atoms with van der Waals surface area (Å²) in [4.78, 5) is 34.0. The molecule has 0 unspecified atom stereocenters. The molecule has 2 rings (SSSR count). The Morgan fingerprint density at radius 2 is 1.45 bits per heavy atom. The van der Waals surface area contributed by atoms with Gasteiger partial charge in [-0.05, 0) is 23.3 Å². The Labute approximate surface area is 126 Å². The highest BCUT2D eigenvalue weighted by atomic mass is 16.4. The quantitative estimate of drug-likeness (QED) is 0.797. The lowest BCUT2D eigenvalue weighted by Gasteiger charge is -2.09. The van der Waals surface area contributed by atoms with Gasteiger partial charge < -0.3 is 15.0 Å². The maximum absolute atomic E-state index is 12.4. The highest BCUT2D eigenvalue weighted by molar-refractivity contribution is 6.09. The van der Waals surface area contributed by atoms with Gasteiger partial charge in [0.25, 0.3) is 0 Å². The molecule has 0 aliphatic rings. The summed E-state index contributed by atoms with van der Waals surface area (Å²) in [5.74, 6) is -2.62. The third-order valence-electron chi connectivity index (χ3n) is 3.05. The van der Waals surface area contributed by atoms with Gasteiger partial charge in [0.1, 0.15) is 0 Å². The zero-order valence-corrected chi connectivity index (χ0v) is 11.6. The van der Waals surface area contributed by atoms with Crippen molar-refractivity contribution in [3.8, 4) is 0 Å². The van der Waals surface area contributed by atoms with Crippen molar-refractivity contribution in [1.29, 1.82) is 0 Å². The zero-order valence-electron chi connectivity index (χ0n) is 11.6. The Morgan fingerprint density at radius 1 is 0.864 bits per heavy atom. The average Bonchev–Trinajstić information content (AvgIpc) is 2.45. The van der Waals surface area contributed by atoms with Crippen molar-refractivity contribution in [1.82, 2.24) is 0 Å². The minimum absolute atomic E-state index is 0.265. The molecule has 5 heteroatoms. The Balaban J connectivity index is 2.42. The zero-order chi connectivity index (χ0) is 16.1. The number of carboxylic acid groups (broad SMARTS) is 2. The molecule has 0 spiro atoms. The van der Waals surface area contributed by atoms with E-state index in [1.807, 2.05) is 0 Å². The van der Waals surface area contributed by atoms with E-state index in [4.69, 9.17) is 5.11 Å². The van der Waals surface area contributed by atoms with Gasteiger partial charge in [-0.3, -0.25) is 9.59 Å². The van der Waals surface area contributed by atoms with Gasteiger partial charge in [0.15, 0.2) is 5.78 Å². The van der Waals surface area contributed by atoms with Crippen molar-refractivity contribution in [2.24, 2.45) is 0 Å². The number of rotatable bonds is 6. The smallest absolute Gasteiger partial charge is 0.307 e. The summed E-state index contributed by atoms with van der Waals surface area (Å²) >= 11 is 0. The van der Waals surface area contributed by atoms with E-state index < -0.39 is 11.9 Å². The summed E-state index contributed by atoms with van der Waals surface area (Å²) < 4.78 is 0. The van der Waals surface area contributed by atoms with Crippen molar-refractivity contribution in [2.75, 3.05) is 0 Å². The van der Waals surface area contributed by atoms with Crippen LogP contribution in [0.1, 0.15) is 27.0 Å². The molecule has 0 radical (unpaired) electrons. The van der Waals surface area contributed by atoms with E-state index in [1.54, 1.807) is 30.3 Å². The molecule has 2 aromatic rings. The Bertz CT molecular complexity index is 685. The van der Waals surface area contributed by atoms with Crippen LogP contribution < -0.4 is 5.11 Å². The molecule has 0 fully saturated rings. The summed E-state index contributed by atoms with van der Waals surface area (Å²) in [5, 5.41) is 19.6. The molecule has 0 saturated heterocycles. The van der Waals surface area contributed by atoms with Crippen molar-refractivity contribution in [3.63, 3.8) is 0 Å². The number of carbonyl (C=O) groups excluding carboxylic acids is 2. The van der Waals surface area contributed by atoms with Crippen LogP contribution in [0, 0.1) is 0 Å². The van der Waals surface area contributed by atoms with Gasteiger partial charge in [0.2, 0.25) is 0 Å². The van der Waals surface area contributed by atoms with Gasteiger partial charge in [0.05, 0.1) is 6.42 Å². The minimum atomic E-state index is -1.29. The number of carbonyl (C=O) groups is 3. The van der Waals surface area contributed by atoms with Gasteiger partial charge in [-0.2, -0.15) is 0 Å². The molecule has 112 valence electrons. The summed E-state index contributed by atoms with van der Waals surface area (Å²) in [6, 6.07) is 12.9. The lowest BCUT2D eigenvalue weighted by atomic mass is 9.96. The van der Waals surface area contributed by atoms with Crippen LogP contribution in [-0.2, 0) is 22.4 Å². The number of hydrogen-bond acceptors (Lipinski definition) is 4. The highest BCUT2D eigenvalue weighted by Crippen LogP contribution is 2.16. The molecular weight excluding hydrogens is 284 g/mol. The second-order valence-electron chi connectivity index (χ2n) is 4.85. The topological polar surface area (TPSA) is 94.5 Å². The van der Waals surface area contributed by atoms with Gasteiger partial charge in [0, 0.05) is 23.5 Å². The molecule has 0 bridgehead atoms. The van der Waals surface area contributed by atoms with Crippen LogP contribution in [-0.4, -0.2) is 22.8 Å². The fourth-order valence-electron chi connectivity index (χ4n) is 2.20. The number of hydrogen-bond donors (Lipinski definition) is 1. The van der Waals surface area contributed by atoms with Gasteiger partial charge in [-0.25, -0.2) is 0 Å². The second kappa shape index (κ2) is 6.67. The van der Waals surface area contributed by atoms with Crippen molar-refractivity contribution in [2.45, 2.75) is 12.8 Å². The largest absolute Gasteiger partial charge is 0.550 e. The summed E-state index contributed by atoms with van der Waals surface area (Å²) in [6.07, 6.45) is -0.654. The number of carboxylic acids is 2. The number of aliphatic carboxylic acids is 2. The normalized spacial score (nSPS) is 10.2. The van der Waals surface area contributed by atoms with E-state index in [0.29, 0.717) is 16.7 Å². The molecule has 22 heavy (non-hydrogen) atoms. The molecule has 0 aliphatic heterocycles. The van der Waals surface area contributed by atoms with Crippen molar-refractivity contribution >= 4 is 17.7 Å². The van der Waals surface area contributed by atoms with E-state index in [-0.39, 0.29) is 24.2 Å². The SMILES string of the molecule is O=C([O-])Cc1cc(CC(=O)O)cc(C(=O)c2ccccc2)c1. The first-order valence-corrected chi connectivity index (χ1v) is 6.60. The molecule has 2 aromatic carbocycles. The van der Waals surface area contributed by atoms with Crippen LogP contribution in [0.25, 0.3) is 0 Å². The van der Waals surface area contributed by atoms with Crippen LogP contribution in [0.4, 0.5) is 0 Å². The Morgan fingerprint density at radius 3 is 2.00 bits per heavy atom. The second-order valence-corrected chi connectivity index (χ2v) is 4.85. The molecule has 0 amide bonds. The third kappa shape index (κ3) is 4.02. The van der Waals surface area contributed by atoms with Crippen molar-refractivity contribution < 1.29 is 24.6 Å². The summed E-state index contributed by atoms with van der Waals surface area (Å²) in [6.45, 7) is 0. The summed E-state index contributed by atoms with van der Waals surface area (Å²) in [5.41, 5.74) is 1.44. The van der Waals surface area contributed by atoms with Crippen LogP contribution in [0.3, 0.4) is 0 Å². The van der Waals surface area contributed by atoms with Crippen LogP contribution in [0.2, 0.25) is 0 Å². The molecule has 0 aliphatic carbocycles. The highest BCUT2D eigenvalue weighted by Gasteiger charge is 2.12. The maximum Gasteiger partial charge on any atom is 0.307 e. The number of benzene rings is 2. The Kier molecular flexibility index (Phi) is 4.68. The first-order chi connectivity index (χ1) is 10.5. The predicted molar refractivity (Wildman–Crippen MR) is 76.4 cm³/mol. The van der Waals surface area contributed by atoms with E-state index >= 15 is 0 Å². The van der Waals surface area contributed by atoms with Crippen LogP contribution in [0.5, 0.6) is 0 Å². The van der Waals surface area contributed by atoms with Crippen LogP contribution in [0.15, 0.2) is 48.5 Å². The van der Waals surface area contributed by atoms with E-state index in [9.17, 15) is 19.5 Å². The van der Waals surface area contributed by atoms with E-state index in [2.05, 4.69) is 0 Å². The molecule has 0 heterocycles. The van der Waals surface area contributed by atoms with Gasteiger partial charge in [-0.1, -0.05) is 36.4 Å².